The van der Waals surface area contributed by atoms with Crippen molar-refractivity contribution in [1.29, 1.82) is 0 Å². The number of benzene rings is 1. The molecule has 0 fully saturated rings. The Bertz CT molecular complexity index is 398. The Balaban J connectivity index is 2.52. The molecule has 0 aromatic heterocycles. The topological polar surface area (TPSA) is 20.2 Å². The van der Waals surface area contributed by atoms with Gasteiger partial charge in [-0.15, -0.1) is 0 Å². The Labute approximate surface area is 110 Å². The summed E-state index contributed by atoms with van der Waals surface area (Å²) in [6, 6.07) is 10.2. The van der Waals surface area contributed by atoms with Gasteiger partial charge in [0.1, 0.15) is 0 Å². The molecule has 0 heterocycles. The molecule has 1 N–H and O–H groups in total. The number of aliphatic hydroxyl groups is 1. The second-order valence-electron chi connectivity index (χ2n) is 3.61. The monoisotopic (exact) mass is 294 g/mol. The Morgan fingerprint density at radius 3 is 2.76 bits per heavy atom. The average molecular weight is 293 g/mol. The van der Waals surface area contributed by atoms with Crippen molar-refractivity contribution in [2.24, 2.45) is 0 Å². The summed E-state index contributed by atoms with van der Waals surface area (Å²) in [6.45, 7) is 2.27. The van der Waals surface area contributed by atoms with Crippen molar-refractivity contribution >= 4 is 19.4 Å². The van der Waals surface area contributed by atoms with Crippen LogP contribution in [0.1, 0.15) is 26.2 Å². The fourth-order valence-electron chi connectivity index (χ4n) is 1.22. The van der Waals surface area contributed by atoms with Crippen molar-refractivity contribution in [2.45, 2.75) is 26.2 Å². The van der Waals surface area contributed by atoms with Gasteiger partial charge in [-0.3, -0.25) is 0 Å². The van der Waals surface area contributed by atoms with Gasteiger partial charge in [-0.25, -0.2) is 0 Å². The molecule has 0 saturated carbocycles. The fraction of sp³-hybridized carbons (Fsp3) is 0.333. The van der Waals surface area contributed by atoms with Crippen LogP contribution in [-0.2, 0) is 0 Å². The summed E-state index contributed by atoms with van der Waals surface area (Å²) in [5.74, 6) is 6.14. The first-order chi connectivity index (χ1) is 8.36. The Morgan fingerprint density at radius 1 is 1.35 bits per heavy atom. The van der Waals surface area contributed by atoms with E-state index in [4.69, 9.17) is 0 Å². The first-order valence-corrected chi connectivity index (χ1v) is 7.59. The molecule has 0 spiro atoms. The molecule has 0 atom stereocenters. The second-order valence-corrected chi connectivity index (χ2v) is 6.13. The van der Waals surface area contributed by atoms with E-state index in [-0.39, 0.29) is 21.6 Å². The number of allylic oxidation sites excluding steroid dienone is 1. The van der Waals surface area contributed by atoms with Gasteiger partial charge in [-0.1, -0.05) is 0 Å². The quantitative estimate of drug-likeness (QED) is 0.501. The van der Waals surface area contributed by atoms with E-state index in [0.717, 1.165) is 17.3 Å². The molecule has 1 nitrogen and oxygen atoms in total. The molecular weight excluding hydrogens is 275 g/mol. The third-order valence-corrected chi connectivity index (χ3v) is 4.27. The normalized spacial score (nSPS) is 10.8. The van der Waals surface area contributed by atoms with Crippen molar-refractivity contribution in [3.8, 4) is 11.8 Å². The van der Waals surface area contributed by atoms with Crippen molar-refractivity contribution in [2.75, 3.05) is 6.61 Å². The van der Waals surface area contributed by atoms with E-state index in [9.17, 15) is 5.11 Å². The summed E-state index contributed by atoms with van der Waals surface area (Å²) < 4.78 is 2.31. The van der Waals surface area contributed by atoms with Gasteiger partial charge in [0.15, 0.2) is 0 Å². The Morgan fingerprint density at radius 2 is 2.12 bits per heavy atom. The van der Waals surface area contributed by atoms with Gasteiger partial charge in [-0.05, 0) is 0 Å². The Kier molecular flexibility index (Phi) is 7.51. The van der Waals surface area contributed by atoms with Crippen molar-refractivity contribution in [1.82, 2.24) is 0 Å². The summed E-state index contributed by atoms with van der Waals surface area (Å²) in [4.78, 5) is 0. The molecule has 0 amide bonds. The molecular formula is C15H18OSe. The maximum absolute atomic E-state index is 9.27. The van der Waals surface area contributed by atoms with Crippen LogP contribution in [0, 0.1) is 11.8 Å². The third kappa shape index (κ3) is 6.34. The fourth-order valence-corrected chi connectivity index (χ4v) is 2.85. The predicted molar refractivity (Wildman–Crippen MR) is 74.3 cm³/mol. The van der Waals surface area contributed by atoms with Crippen LogP contribution >= 0.6 is 0 Å². The second kappa shape index (κ2) is 9.07. The van der Waals surface area contributed by atoms with Crippen LogP contribution < -0.4 is 4.46 Å². The van der Waals surface area contributed by atoms with Gasteiger partial charge in [0, 0.05) is 0 Å². The van der Waals surface area contributed by atoms with E-state index in [1.807, 2.05) is 24.3 Å². The first kappa shape index (κ1) is 14.1. The van der Waals surface area contributed by atoms with Crippen LogP contribution in [0.4, 0.5) is 0 Å². The number of aliphatic hydroxyl groups excluding tert-OH is 1. The molecule has 0 aliphatic carbocycles. The van der Waals surface area contributed by atoms with Gasteiger partial charge in [0.2, 0.25) is 0 Å². The third-order valence-electron chi connectivity index (χ3n) is 2.14. The molecule has 0 aliphatic rings. The summed E-state index contributed by atoms with van der Waals surface area (Å²) in [7, 11) is 0. The van der Waals surface area contributed by atoms with E-state index in [2.05, 4.69) is 30.9 Å². The summed E-state index contributed by atoms with van der Waals surface area (Å²) >= 11 is 0.190. The van der Waals surface area contributed by atoms with Crippen LogP contribution in [0.15, 0.2) is 40.9 Å². The molecule has 0 saturated heterocycles. The molecule has 0 radical (unpaired) electrons. The minimum absolute atomic E-state index is 0.108. The molecule has 1 aromatic carbocycles. The van der Waals surface area contributed by atoms with Crippen LogP contribution in [-0.4, -0.2) is 26.7 Å². The molecule has 1 aromatic rings. The average Bonchev–Trinajstić information content (AvgIpc) is 2.38. The van der Waals surface area contributed by atoms with E-state index in [1.165, 1.54) is 10.9 Å². The number of hydrogen-bond acceptors (Lipinski definition) is 1. The van der Waals surface area contributed by atoms with Crippen molar-refractivity contribution in [3.05, 3.63) is 40.9 Å². The van der Waals surface area contributed by atoms with Crippen LogP contribution in [0.3, 0.4) is 0 Å². The standard InChI is InChI=1S/C15H18OSe/c1-2-3-4-5-7-12-15(13-16)17-14-10-8-6-9-11-14/h6,8-12,16H,2-4,13H2,1H3/b15-12-. The van der Waals surface area contributed by atoms with Gasteiger partial charge in [0.05, 0.1) is 0 Å². The molecule has 0 aliphatic heterocycles. The number of hydrogen-bond donors (Lipinski definition) is 1. The predicted octanol–water partition coefficient (Wildman–Crippen LogP) is 2.09. The van der Waals surface area contributed by atoms with Gasteiger partial charge in [-0.2, -0.15) is 0 Å². The summed E-state index contributed by atoms with van der Waals surface area (Å²) in [5, 5.41) is 9.27. The van der Waals surface area contributed by atoms with Crippen molar-refractivity contribution < 1.29 is 5.11 Å². The summed E-state index contributed by atoms with van der Waals surface area (Å²) in [6.07, 6.45) is 5.16. The SMILES string of the molecule is CCCCC#C/C=C(/CO)[Se]c1ccccc1. The van der Waals surface area contributed by atoms with E-state index in [0.29, 0.717) is 0 Å². The molecule has 1 rings (SSSR count). The molecule has 0 unspecified atom stereocenters. The zero-order chi connectivity index (χ0) is 12.3. The molecule has 17 heavy (non-hydrogen) atoms. The number of rotatable bonds is 5. The van der Waals surface area contributed by atoms with Crippen LogP contribution in [0.25, 0.3) is 0 Å². The molecule has 90 valence electrons. The molecule has 2 heteroatoms. The molecule has 0 bridgehead atoms. The van der Waals surface area contributed by atoms with Gasteiger partial charge in [0.25, 0.3) is 0 Å². The van der Waals surface area contributed by atoms with Gasteiger partial charge >= 0.3 is 110 Å². The van der Waals surface area contributed by atoms with Crippen molar-refractivity contribution in [3.63, 3.8) is 0 Å². The zero-order valence-corrected chi connectivity index (χ0v) is 11.9. The minimum atomic E-state index is 0.108. The van der Waals surface area contributed by atoms with E-state index >= 15 is 0 Å². The maximum atomic E-state index is 9.27. The van der Waals surface area contributed by atoms with Crippen LogP contribution in [0.5, 0.6) is 0 Å². The van der Waals surface area contributed by atoms with E-state index in [1.54, 1.807) is 0 Å². The van der Waals surface area contributed by atoms with E-state index < -0.39 is 0 Å². The first-order valence-electron chi connectivity index (χ1n) is 5.88. The van der Waals surface area contributed by atoms with Crippen LogP contribution in [0.2, 0.25) is 0 Å². The zero-order valence-electron chi connectivity index (χ0n) is 10.1. The van der Waals surface area contributed by atoms with Gasteiger partial charge < -0.3 is 0 Å². The number of unbranched alkanes of at least 4 members (excludes halogenated alkanes) is 2. The summed E-state index contributed by atoms with van der Waals surface area (Å²) in [5.41, 5.74) is 0. The Hall–Kier alpha value is -1.00.